The Hall–Kier alpha value is -0.460. The summed E-state index contributed by atoms with van der Waals surface area (Å²) < 4.78 is 40.7. The number of sulfonamides is 1. The summed E-state index contributed by atoms with van der Waals surface area (Å²) in [7, 11) is -3.77. The average Bonchev–Trinajstić information content (AvgIpc) is 2.45. The maximum Gasteiger partial charge on any atom is 0.246 e. The van der Waals surface area contributed by atoms with E-state index in [1.54, 1.807) is 6.07 Å². The van der Waals surface area contributed by atoms with Crippen molar-refractivity contribution in [1.29, 1.82) is 0 Å². The fourth-order valence-electron chi connectivity index (χ4n) is 2.73. The summed E-state index contributed by atoms with van der Waals surface area (Å²) in [5, 5.41) is 0.553. The highest BCUT2D eigenvalue weighted by molar-refractivity contribution is 9.09. The first-order valence-corrected chi connectivity index (χ1v) is 9.46. The van der Waals surface area contributed by atoms with Crippen molar-refractivity contribution in [1.82, 2.24) is 4.31 Å². The van der Waals surface area contributed by atoms with Gasteiger partial charge in [0, 0.05) is 17.9 Å². The van der Waals surface area contributed by atoms with Gasteiger partial charge in [-0.25, -0.2) is 12.8 Å². The summed E-state index contributed by atoms with van der Waals surface area (Å²) in [6, 6.07) is 5.59. The zero-order valence-electron chi connectivity index (χ0n) is 11.3. The molecule has 0 amide bonds. The smallest absolute Gasteiger partial charge is 0.207 e. The van der Waals surface area contributed by atoms with Crippen LogP contribution in [0.4, 0.5) is 4.39 Å². The van der Waals surface area contributed by atoms with Crippen LogP contribution in [0.3, 0.4) is 0 Å². The summed E-state index contributed by atoms with van der Waals surface area (Å²) >= 11 is 3.30. The van der Waals surface area contributed by atoms with Gasteiger partial charge in [-0.3, -0.25) is 0 Å². The number of halogens is 2. The molecule has 1 fully saturated rings. The third-order valence-electron chi connectivity index (χ3n) is 3.71. The van der Waals surface area contributed by atoms with E-state index >= 15 is 0 Å². The first-order valence-electron chi connectivity index (χ1n) is 6.89. The van der Waals surface area contributed by atoms with Crippen LogP contribution in [-0.2, 0) is 10.0 Å². The normalized spacial score (nSPS) is 17.6. The Labute approximate surface area is 128 Å². The Bertz CT molecular complexity index is 544. The highest BCUT2D eigenvalue weighted by Crippen LogP contribution is 2.28. The highest BCUT2D eigenvalue weighted by Gasteiger charge is 2.33. The standard InChI is InChI=1S/C14H19BrFNO2S/c15-10-11-17(12-6-2-1-3-7-12)20(18,19)14-9-5-4-8-13(14)16/h4-5,8-9,12H,1-3,6-7,10-11H2. The molecule has 0 atom stereocenters. The van der Waals surface area contributed by atoms with Crippen LogP contribution in [0.15, 0.2) is 29.2 Å². The van der Waals surface area contributed by atoms with Crippen LogP contribution in [0.2, 0.25) is 0 Å². The minimum atomic E-state index is -3.77. The molecule has 1 aliphatic rings. The van der Waals surface area contributed by atoms with Gasteiger partial charge >= 0.3 is 0 Å². The van der Waals surface area contributed by atoms with Crippen molar-refractivity contribution in [2.24, 2.45) is 0 Å². The Morgan fingerprint density at radius 2 is 1.85 bits per heavy atom. The second-order valence-electron chi connectivity index (χ2n) is 5.03. The summed E-state index contributed by atoms with van der Waals surface area (Å²) in [6.07, 6.45) is 4.95. The molecule has 112 valence electrons. The Morgan fingerprint density at radius 3 is 2.45 bits per heavy atom. The predicted molar refractivity (Wildman–Crippen MR) is 81.0 cm³/mol. The van der Waals surface area contributed by atoms with E-state index in [0.717, 1.165) is 32.1 Å². The van der Waals surface area contributed by atoms with Gasteiger partial charge in [-0.05, 0) is 25.0 Å². The minimum Gasteiger partial charge on any atom is -0.207 e. The van der Waals surface area contributed by atoms with Crippen LogP contribution in [0.25, 0.3) is 0 Å². The maximum absolute atomic E-state index is 13.8. The predicted octanol–water partition coefficient (Wildman–Crippen LogP) is 3.54. The minimum absolute atomic E-state index is 0.00842. The fraction of sp³-hybridized carbons (Fsp3) is 0.571. The maximum atomic E-state index is 13.8. The molecule has 2 rings (SSSR count). The van der Waals surface area contributed by atoms with Crippen LogP contribution in [0.1, 0.15) is 32.1 Å². The lowest BCUT2D eigenvalue weighted by atomic mass is 9.95. The molecular weight excluding hydrogens is 345 g/mol. The van der Waals surface area contributed by atoms with E-state index in [2.05, 4.69) is 15.9 Å². The molecular formula is C14H19BrFNO2S. The van der Waals surface area contributed by atoms with Gasteiger partial charge < -0.3 is 0 Å². The Morgan fingerprint density at radius 1 is 1.20 bits per heavy atom. The van der Waals surface area contributed by atoms with Gasteiger partial charge in [0.2, 0.25) is 10.0 Å². The van der Waals surface area contributed by atoms with Gasteiger partial charge in [0.1, 0.15) is 10.7 Å². The molecule has 20 heavy (non-hydrogen) atoms. The van der Waals surface area contributed by atoms with Crippen molar-refractivity contribution in [2.45, 2.75) is 43.0 Å². The number of hydrogen-bond donors (Lipinski definition) is 0. The second kappa shape index (κ2) is 7.00. The van der Waals surface area contributed by atoms with Gasteiger partial charge in [-0.1, -0.05) is 47.3 Å². The topological polar surface area (TPSA) is 37.4 Å². The molecule has 3 nitrogen and oxygen atoms in total. The van der Waals surface area contributed by atoms with E-state index in [1.807, 2.05) is 0 Å². The quantitative estimate of drug-likeness (QED) is 0.750. The molecule has 1 aromatic rings. The molecule has 0 bridgehead atoms. The van der Waals surface area contributed by atoms with Gasteiger partial charge in [-0.2, -0.15) is 4.31 Å². The number of benzene rings is 1. The number of alkyl halides is 1. The molecule has 1 aromatic carbocycles. The zero-order valence-corrected chi connectivity index (χ0v) is 13.7. The van der Waals surface area contributed by atoms with Crippen molar-refractivity contribution >= 4 is 26.0 Å². The third-order valence-corrected chi connectivity index (χ3v) is 6.05. The lowest BCUT2D eigenvalue weighted by Crippen LogP contribution is -2.42. The van der Waals surface area contributed by atoms with Crippen molar-refractivity contribution in [3.63, 3.8) is 0 Å². The van der Waals surface area contributed by atoms with Gasteiger partial charge in [0.25, 0.3) is 0 Å². The molecule has 0 aliphatic heterocycles. The number of hydrogen-bond acceptors (Lipinski definition) is 2. The average molecular weight is 364 g/mol. The van der Waals surface area contributed by atoms with Crippen LogP contribution in [-0.4, -0.2) is 30.6 Å². The molecule has 0 N–H and O–H groups in total. The van der Waals surface area contributed by atoms with Crippen molar-refractivity contribution < 1.29 is 12.8 Å². The van der Waals surface area contributed by atoms with E-state index in [4.69, 9.17) is 0 Å². The Kier molecular flexibility index (Phi) is 5.57. The molecule has 0 saturated heterocycles. The SMILES string of the molecule is O=S(=O)(c1ccccc1F)N(CCBr)C1CCCCC1. The number of nitrogens with zero attached hydrogens (tertiary/aromatic N) is 1. The molecule has 0 spiro atoms. The van der Waals surface area contributed by atoms with E-state index in [0.29, 0.717) is 11.9 Å². The summed E-state index contributed by atoms with van der Waals surface area (Å²) in [5.74, 6) is -0.678. The summed E-state index contributed by atoms with van der Waals surface area (Å²) in [4.78, 5) is -0.216. The highest BCUT2D eigenvalue weighted by atomic mass is 79.9. The third kappa shape index (κ3) is 3.40. The Balaban J connectivity index is 2.34. The van der Waals surface area contributed by atoms with Crippen molar-refractivity contribution in [3.8, 4) is 0 Å². The summed E-state index contributed by atoms with van der Waals surface area (Å²) in [6.45, 7) is 0.376. The van der Waals surface area contributed by atoms with Gasteiger partial charge in [0.15, 0.2) is 0 Å². The van der Waals surface area contributed by atoms with E-state index in [-0.39, 0.29) is 10.9 Å². The van der Waals surface area contributed by atoms with Gasteiger partial charge in [0.05, 0.1) is 0 Å². The zero-order chi connectivity index (χ0) is 14.6. The van der Waals surface area contributed by atoms with E-state index in [9.17, 15) is 12.8 Å². The number of rotatable bonds is 5. The van der Waals surface area contributed by atoms with Crippen LogP contribution < -0.4 is 0 Å². The lowest BCUT2D eigenvalue weighted by Gasteiger charge is -2.33. The molecule has 0 unspecified atom stereocenters. The van der Waals surface area contributed by atoms with E-state index < -0.39 is 15.8 Å². The lowest BCUT2D eigenvalue weighted by molar-refractivity contribution is 0.262. The van der Waals surface area contributed by atoms with Crippen LogP contribution in [0, 0.1) is 5.82 Å². The second-order valence-corrected chi connectivity index (χ2v) is 7.68. The molecule has 0 aromatic heterocycles. The van der Waals surface area contributed by atoms with Crippen molar-refractivity contribution in [2.75, 3.05) is 11.9 Å². The molecule has 1 aliphatic carbocycles. The molecule has 0 radical (unpaired) electrons. The van der Waals surface area contributed by atoms with Crippen molar-refractivity contribution in [3.05, 3.63) is 30.1 Å². The first kappa shape index (κ1) is 15.9. The first-order chi connectivity index (χ1) is 9.57. The van der Waals surface area contributed by atoms with E-state index in [1.165, 1.54) is 22.5 Å². The largest absolute Gasteiger partial charge is 0.246 e. The van der Waals surface area contributed by atoms with Crippen LogP contribution in [0.5, 0.6) is 0 Å². The summed E-state index contributed by atoms with van der Waals surface area (Å²) in [5.41, 5.74) is 0. The van der Waals surface area contributed by atoms with Gasteiger partial charge in [-0.15, -0.1) is 0 Å². The van der Waals surface area contributed by atoms with Crippen LogP contribution >= 0.6 is 15.9 Å². The molecule has 0 heterocycles. The molecule has 6 heteroatoms. The fourth-order valence-corrected chi connectivity index (χ4v) is 5.10. The molecule has 1 saturated carbocycles. The monoisotopic (exact) mass is 363 g/mol.